The average Bonchev–Trinajstić information content (AvgIpc) is 2.79. The van der Waals surface area contributed by atoms with Crippen molar-refractivity contribution < 1.29 is 63.4 Å². The van der Waals surface area contributed by atoms with Gasteiger partial charge < -0.3 is 24.9 Å². The number of ketones is 1. The van der Waals surface area contributed by atoms with E-state index in [2.05, 4.69) is 0 Å². The molecule has 9 heteroatoms. The molecule has 0 saturated carbocycles. The summed E-state index contributed by atoms with van der Waals surface area (Å²) >= 11 is 0. The molecule has 0 radical (unpaired) electrons. The quantitative estimate of drug-likeness (QED) is 0.237. The first-order valence-electron chi connectivity index (χ1n) is 10.9. The normalized spacial score (nSPS) is 11.9. The SMILES string of the molecule is CC(CO)CC(=O)[O-].CCCc1c(OCCCS(=O)c2ccccc2)ccc(C(C)=O)c1O.[Na+]. The van der Waals surface area contributed by atoms with Gasteiger partial charge in [-0.25, -0.2) is 0 Å². The van der Waals surface area contributed by atoms with Crippen LogP contribution in [0.2, 0.25) is 0 Å². The fraction of sp³-hybridized carbons (Fsp3) is 0.440. The zero-order valence-corrected chi connectivity index (χ0v) is 23.2. The molecule has 0 aliphatic rings. The number of hydrogen-bond donors (Lipinski definition) is 2. The molecule has 2 aromatic carbocycles. The van der Waals surface area contributed by atoms with E-state index in [1.165, 1.54) is 6.92 Å². The number of hydrogen-bond acceptors (Lipinski definition) is 7. The number of carbonyl (C=O) groups excluding carboxylic acids is 2. The number of phenols is 1. The van der Waals surface area contributed by atoms with Crippen molar-refractivity contribution >= 4 is 22.6 Å². The van der Waals surface area contributed by atoms with E-state index < -0.39 is 16.8 Å². The Morgan fingerprint density at radius 2 is 1.79 bits per heavy atom. The molecule has 2 aromatic rings. The van der Waals surface area contributed by atoms with Crippen LogP contribution in [0.15, 0.2) is 47.4 Å². The van der Waals surface area contributed by atoms with Crippen LogP contribution in [-0.2, 0) is 22.0 Å². The number of aliphatic carboxylic acids is 1. The Balaban J connectivity index is 0.00000104. The number of aliphatic hydroxyl groups is 1. The standard InChI is InChI=1S/C20H24O4S.C5H10O3.Na/c1-3-8-18-19(12-11-17(15(2)21)20(18)22)24-13-7-14-25(23)16-9-5-4-6-10-16;1-4(3-6)2-5(7)8;/h4-6,9-12,22H,3,7-8,13-14H2,1-2H3;4,6H,2-3H2,1H3,(H,7,8);/q;;+1/p-1. The van der Waals surface area contributed by atoms with Crippen LogP contribution >= 0.6 is 0 Å². The molecule has 0 spiro atoms. The van der Waals surface area contributed by atoms with Gasteiger partial charge in [-0.3, -0.25) is 9.00 Å². The minimum atomic E-state index is -1.11. The Kier molecular flexibility index (Phi) is 16.8. The van der Waals surface area contributed by atoms with Gasteiger partial charge in [0.2, 0.25) is 0 Å². The zero-order chi connectivity index (χ0) is 24.8. The van der Waals surface area contributed by atoms with Gasteiger partial charge in [-0.15, -0.1) is 0 Å². The maximum Gasteiger partial charge on any atom is 1.00 e. The van der Waals surface area contributed by atoms with Crippen LogP contribution in [0.1, 0.15) is 56.0 Å². The first-order chi connectivity index (χ1) is 15.7. The first-order valence-corrected chi connectivity index (χ1v) is 12.3. The summed E-state index contributed by atoms with van der Waals surface area (Å²) in [7, 11) is -1.04. The van der Waals surface area contributed by atoms with Gasteiger partial charge in [0, 0.05) is 28.8 Å². The zero-order valence-electron chi connectivity index (χ0n) is 20.4. The Morgan fingerprint density at radius 3 is 2.29 bits per heavy atom. The molecular weight excluding hydrogens is 467 g/mol. The van der Waals surface area contributed by atoms with Gasteiger partial charge in [-0.1, -0.05) is 38.5 Å². The fourth-order valence-electron chi connectivity index (χ4n) is 2.94. The number of carboxylic acids is 1. The maximum absolute atomic E-state index is 12.2. The summed E-state index contributed by atoms with van der Waals surface area (Å²) in [5, 5.41) is 28.4. The van der Waals surface area contributed by atoms with Crippen LogP contribution in [0, 0.1) is 5.92 Å². The van der Waals surface area contributed by atoms with Crippen LogP contribution < -0.4 is 39.4 Å². The number of carboxylic acid groups (broad SMARTS) is 1. The van der Waals surface area contributed by atoms with E-state index in [1.54, 1.807) is 19.1 Å². The number of aromatic hydroxyl groups is 1. The number of Topliss-reactive ketones (excluding diaryl/α,β-unsaturated/α-hetero) is 1. The summed E-state index contributed by atoms with van der Waals surface area (Å²) in [4.78, 5) is 22.1. The van der Waals surface area contributed by atoms with Gasteiger partial charge in [0.25, 0.3) is 0 Å². The molecule has 2 rings (SSSR count). The third kappa shape index (κ3) is 11.6. The summed E-state index contributed by atoms with van der Waals surface area (Å²) in [6.45, 7) is 5.41. The van der Waals surface area contributed by atoms with Crippen molar-refractivity contribution in [3.8, 4) is 11.5 Å². The van der Waals surface area contributed by atoms with E-state index in [0.717, 1.165) is 11.3 Å². The second-order valence-corrected chi connectivity index (χ2v) is 9.24. The van der Waals surface area contributed by atoms with Gasteiger partial charge in [0.05, 0.1) is 23.0 Å². The molecule has 0 aliphatic heterocycles. The number of phenolic OH excluding ortho intramolecular Hbond substituents is 1. The Morgan fingerprint density at radius 1 is 1.15 bits per heavy atom. The third-order valence-electron chi connectivity index (χ3n) is 4.68. The van der Waals surface area contributed by atoms with E-state index in [-0.39, 0.29) is 60.0 Å². The van der Waals surface area contributed by atoms with Crippen LogP contribution in [0.5, 0.6) is 11.5 Å². The largest absolute Gasteiger partial charge is 1.00 e. The second-order valence-electron chi connectivity index (χ2n) is 7.67. The molecule has 0 aliphatic carbocycles. The molecule has 2 unspecified atom stereocenters. The van der Waals surface area contributed by atoms with E-state index in [0.29, 0.717) is 42.1 Å². The number of aliphatic hydroxyl groups excluding tert-OH is 1. The smallest absolute Gasteiger partial charge is 0.550 e. The monoisotopic (exact) mass is 500 g/mol. The number of carbonyl (C=O) groups is 2. The van der Waals surface area contributed by atoms with Gasteiger partial charge in [0.15, 0.2) is 5.78 Å². The topological polar surface area (TPSA) is 124 Å². The van der Waals surface area contributed by atoms with E-state index in [4.69, 9.17) is 9.84 Å². The third-order valence-corrected chi connectivity index (χ3v) is 6.14. The van der Waals surface area contributed by atoms with Gasteiger partial charge in [-0.05, 0) is 56.4 Å². The van der Waals surface area contributed by atoms with E-state index in [1.807, 2.05) is 37.3 Å². The summed E-state index contributed by atoms with van der Waals surface area (Å²) in [5.41, 5.74) is 0.986. The molecule has 34 heavy (non-hydrogen) atoms. The molecular formula is C25H33NaO7S. The number of rotatable bonds is 12. The fourth-order valence-corrected chi connectivity index (χ4v) is 4.02. The molecule has 2 atom stereocenters. The molecule has 0 heterocycles. The van der Waals surface area contributed by atoms with Crippen LogP contribution in [0.25, 0.3) is 0 Å². The second kappa shape index (κ2) is 17.7. The summed E-state index contributed by atoms with van der Waals surface area (Å²) in [6, 6.07) is 12.7. The summed E-state index contributed by atoms with van der Waals surface area (Å²) in [5.74, 6) is -0.328. The molecule has 0 aromatic heterocycles. The molecule has 7 nitrogen and oxygen atoms in total. The van der Waals surface area contributed by atoms with Crippen molar-refractivity contribution in [1.29, 1.82) is 0 Å². The summed E-state index contributed by atoms with van der Waals surface area (Å²) < 4.78 is 18.0. The number of benzene rings is 2. The molecule has 0 bridgehead atoms. The van der Waals surface area contributed by atoms with Crippen molar-refractivity contribution in [3.05, 3.63) is 53.6 Å². The van der Waals surface area contributed by atoms with Crippen molar-refractivity contribution in [2.75, 3.05) is 19.0 Å². The predicted molar refractivity (Wildman–Crippen MR) is 126 cm³/mol. The molecule has 0 saturated heterocycles. The van der Waals surface area contributed by atoms with E-state index in [9.17, 15) is 24.0 Å². The van der Waals surface area contributed by atoms with Crippen LogP contribution in [-0.4, -0.2) is 45.1 Å². The van der Waals surface area contributed by atoms with Crippen LogP contribution in [0.4, 0.5) is 0 Å². The minimum Gasteiger partial charge on any atom is -0.550 e. The van der Waals surface area contributed by atoms with E-state index >= 15 is 0 Å². The Labute approximate surface area is 226 Å². The number of ether oxygens (including phenoxy) is 1. The maximum atomic E-state index is 12.2. The average molecular weight is 501 g/mol. The molecule has 2 N–H and O–H groups in total. The van der Waals surface area contributed by atoms with Crippen molar-refractivity contribution in [2.45, 2.75) is 51.3 Å². The predicted octanol–water partition coefficient (Wildman–Crippen LogP) is -0.117. The molecule has 182 valence electrons. The minimum absolute atomic E-state index is 0. The first kappa shape index (κ1) is 32.3. The summed E-state index contributed by atoms with van der Waals surface area (Å²) in [6.07, 6.45) is 2.06. The Hall–Kier alpha value is -1.71. The van der Waals surface area contributed by atoms with Crippen molar-refractivity contribution in [2.24, 2.45) is 5.92 Å². The van der Waals surface area contributed by atoms with Gasteiger partial charge in [0.1, 0.15) is 11.5 Å². The van der Waals surface area contributed by atoms with Gasteiger partial charge >= 0.3 is 29.6 Å². The van der Waals surface area contributed by atoms with Crippen molar-refractivity contribution in [3.63, 3.8) is 0 Å². The van der Waals surface area contributed by atoms with Crippen LogP contribution in [0.3, 0.4) is 0 Å². The molecule has 0 fully saturated rings. The van der Waals surface area contributed by atoms with Gasteiger partial charge in [-0.2, -0.15) is 0 Å². The van der Waals surface area contributed by atoms with Crippen molar-refractivity contribution in [1.82, 2.24) is 0 Å². The molecule has 0 amide bonds. The Bertz CT molecular complexity index is 919.